The molecule has 2 aliphatic heterocycles. The number of rotatable bonds is 7. The minimum absolute atomic E-state index is 0.110. The SMILES string of the molecule is NS(=O)(=O)CC1C[C@H]2CC[C@@H](C1)N2CCc1ccc(Oc2nc3ccc(F)cc3s2)cc1. The van der Waals surface area contributed by atoms with Crippen molar-refractivity contribution in [3.05, 3.63) is 53.8 Å². The van der Waals surface area contributed by atoms with Crippen LogP contribution in [-0.2, 0) is 16.4 Å². The maximum absolute atomic E-state index is 13.4. The molecule has 170 valence electrons. The third-order valence-electron chi connectivity index (χ3n) is 6.57. The highest BCUT2D eigenvalue weighted by molar-refractivity contribution is 7.89. The van der Waals surface area contributed by atoms with Gasteiger partial charge in [0, 0.05) is 18.6 Å². The summed E-state index contributed by atoms with van der Waals surface area (Å²) >= 11 is 1.32. The Kier molecular flexibility index (Phi) is 5.92. The van der Waals surface area contributed by atoms with Crippen LogP contribution in [0.5, 0.6) is 10.9 Å². The lowest BCUT2D eigenvalue weighted by Gasteiger charge is -2.38. The van der Waals surface area contributed by atoms with Crippen LogP contribution in [0.15, 0.2) is 42.5 Å². The molecule has 6 nitrogen and oxygen atoms in total. The molecule has 2 fully saturated rings. The first-order valence-corrected chi connectivity index (χ1v) is 13.4. The molecule has 2 saturated heterocycles. The molecule has 5 rings (SSSR count). The Morgan fingerprint density at radius 3 is 2.53 bits per heavy atom. The minimum Gasteiger partial charge on any atom is -0.431 e. The number of benzene rings is 2. The summed E-state index contributed by atoms with van der Waals surface area (Å²) in [4.78, 5) is 6.96. The topological polar surface area (TPSA) is 85.5 Å². The summed E-state index contributed by atoms with van der Waals surface area (Å²) < 4.78 is 42.9. The maximum atomic E-state index is 13.4. The number of ether oxygens (including phenoxy) is 1. The molecular formula is C23H26FN3O3S2. The highest BCUT2D eigenvalue weighted by Crippen LogP contribution is 2.39. The lowest BCUT2D eigenvalue weighted by molar-refractivity contribution is 0.112. The van der Waals surface area contributed by atoms with Crippen molar-refractivity contribution in [2.24, 2.45) is 11.1 Å². The van der Waals surface area contributed by atoms with Gasteiger partial charge in [-0.15, -0.1) is 0 Å². The molecule has 3 heterocycles. The fourth-order valence-corrected chi connectivity index (χ4v) is 7.01. The molecule has 2 aromatic carbocycles. The van der Waals surface area contributed by atoms with Crippen molar-refractivity contribution in [2.75, 3.05) is 12.3 Å². The van der Waals surface area contributed by atoms with Gasteiger partial charge in [-0.2, -0.15) is 0 Å². The van der Waals surface area contributed by atoms with Gasteiger partial charge in [0.15, 0.2) is 0 Å². The molecule has 0 radical (unpaired) electrons. The number of primary sulfonamides is 1. The second-order valence-corrected chi connectivity index (χ2v) is 11.5. The van der Waals surface area contributed by atoms with Crippen molar-refractivity contribution in [3.63, 3.8) is 0 Å². The van der Waals surface area contributed by atoms with Crippen LogP contribution in [0.4, 0.5) is 4.39 Å². The first-order chi connectivity index (χ1) is 15.3. The highest BCUT2D eigenvalue weighted by atomic mass is 32.2. The van der Waals surface area contributed by atoms with Crippen LogP contribution < -0.4 is 9.88 Å². The third-order valence-corrected chi connectivity index (χ3v) is 8.40. The van der Waals surface area contributed by atoms with Gasteiger partial charge in [-0.25, -0.2) is 22.9 Å². The summed E-state index contributed by atoms with van der Waals surface area (Å²) in [6, 6.07) is 13.5. The Morgan fingerprint density at radius 2 is 1.84 bits per heavy atom. The van der Waals surface area contributed by atoms with E-state index in [4.69, 9.17) is 9.88 Å². The third kappa shape index (κ3) is 4.96. The van der Waals surface area contributed by atoms with Gasteiger partial charge >= 0.3 is 0 Å². The fourth-order valence-electron chi connectivity index (χ4n) is 5.22. The molecule has 1 aromatic heterocycles. The Morgan fingerprint density at radius 1 is 1.12 bits per heavy atom. The highest BCUT2D eigenvalue weighted by Gasteiger charge is 2.41. The molecule has 9 heteroatoms. The Bertz CT molecular complexity index is 1200. The molecule has 0 spiro atoms. The lowest BCUT2D eigenvalue weighted by Crippen LogP contribution is -2.45. The van der Waals surface area contributed by atoms with E-state index in [9.17, 15) is 12.8 Å². The summed E-state index contributed by atoms with van der Waals surface area (Å²) in [6.45, 7) is 0.973. The van der Waals surface area contributed by atoms with Gasteiger partial charge in [0.25, 0.3) is 5.19 Å². The molecule has 0 aliphatic carbocycles. The van der Waals surface area contributed by atoms with E-state index in [-0.39, 0.29) is 17.5 Å². The number of aromatic nitrogens is 1. The van der Waals surface area contributed by atoms with Crippen LogP contribution in [0, 0.1) is 11.7 Å². The van der Waals surface area contributed by atoms with Crippen LogP contribution >= 0.6 is 11.3 Å². The summed E-state index contributed by atoms with van der Waals surface area (Å²) in [7, 11) is -3.40. The molecule has 32 heavy (non-hydrogen) atoms. The lowest BCUT2D eigenvalue weighted by atomic mass is 9.92. The van der Waals surface area contributed by atoms with Gasteiger partial charge in [-0.1, -0.05) is 23.5 Å². The van der Waals surface area contributed by atoms with Crippen LogP contribution in [0.25, 0.3) is 10.2 Å². The molecule has 0 saturated carbocycles. The number of halogens is 1. The van der Waals surface area contributed by atoms with Crippen molar-refractivity contribution in [2.45, 2.75) is 44.2 Å². The fraction of sp³-hybridized carbons (Fsp3) is 0.435. The van der Waals surface area contributed by atoms with Gasteiger partial charge in [0.2, 0.25) is 10.0 Å². The number of nitrogens with zero attached hydrogens (tertiary/aromatic N) is 2. The van der Waals surface area contributed by atoms with Crippen LogP contribution in [-0.4, -0.2) is 42.7 Å². The summed E-state index contributed by atoms with van der Waals surface area (Å²) in [5, 5.41) is 5.76. The van der Waals surface area contributed by atoms with E-state index < -0.39 is 10.0 Å². The predicted molar refractivity (Wildman–Crippen MR) is 124 cm³/mol. The van der Waals surface area contributed by atoms with Crippen molar-refractivity contribution < 1.29 is 17.5 Å². The largest absolute Gasteiger partial charge is 0.431 e. The monoisotopic (exact) mass is 475 g/mol. The predicted octanol–water partition coefficient (Wildman–Crippen LogP) is 4.30. The van der Waals surface area contributed by atoms with Crippen molar-refractivity contribution in [3.8, 4) is 10.9 Å². The number of thiazole rings is 1. The zero-order chi connectivity index (χ0) is 22.3. The molecule has 2 bridgehead atoms. The number of fused-ring (bicyclic) bond motifs is 3. The maximum Gasteiger partial charge on any atom is 0.279 e. The number of sulfonamides is 1. The Hall–Kier alpha value is -2.07. The molecule has 2 N–H and O–H groups in total. The molecule has 3 aromatic rings. The average Bonchev–Trinajstić information content (AvgIpc) is 3.22. The summed E-state index contributed by atoms with van der Waals surface area (Å²) in [6.07, 6.45) is 5.07. The zero-order valence-electron chi connectivity index (χ0n) is 17.6. The summed E-state index contributed by atoms with van der Waals surface area (Å²) in [5.74, 6) is 0.726. The average molecular weight is 476 g/mol. The second kappa shape index (κ2) is 8.70. The smallest absolute Gasteiger partial charge is 0.279 e. The van der Waals surface area contributed by atoms with Crippen molar-refractivity contribution in [1.29, 1.82) is 0 Å². The number of nitrogens with two attached hydrogens (primary N) is 1. The van der Waals surface area contributed by atoms with Gasteiger partial charge in [0.05, 0.1) is 16.0 Å². The van der Waals surface area contributed by atoms with Crippen molar-refractivity contribution >= 4 is 31.6 Å². The van der Waals surface area contributed by atoms with Gasteiger partial charge < -0.3 is 4.74 Å². The minimum atomic E-state index is -3.40. The standard InChI is InChI=1S/C23H26FN3O3S2/c24-17-3-8-21-22(13-17)31-23(26-21)30-20-6-1-15(2-7-20)9-10-27-18-4-5-19(27)12-16(11-18)14-32(25,28)29/h1-3,6-8,13,16,18-19H,4-5,9-12,14H2,(H2,25,28,29)/t16?,18-,19+. The van der Waals surface area contributed by atoms with Gasteiger partial charge in [0.1, 0.15) is 11.6 Å². The molecule has 1 unspecified atom stereocenters. The Labute approximate surface area is 191 Å². The van der Waals surface area contributed by atoms with Crippen LogP contribution in [0.2, 0.25) is 0 Å². The van der Waals surface area contributed by atoms with Gasteiger partial charge in [-0.05, 0) is 73.9 Å². The Balaban J connectivity index is 1.17. The van der Waals surface area contributed by atoms with Crippen LogP contribution in [0.3, 0.4) is 0 Å². The van der Waals surface area contributed by atoms with E-state index >= 15 is 0 Å². The van der Waals surface area contributed by atoms with E-state index in [1.165, 1.54) is 29.0 Å². The number of piperidine rings is 1. The number of hydrogen-bond donors (Lipinski definition) is 1. The van der Waals surface area contributed by atoms with Crippen LogP contribution in [0.1, 0.15) is 31.2 Å². The van der Waals surface area contributed by atoms with E-state index in [2.05, 4.69) is 22.0 Å². The first-order valence-electron chi connectivity index (χ1n) is 10.9. The normalized spacial score (nSPS) is 23.6. The number of hydrogen-bond acceptors (Lipinski definition) is 6. The molecule has 2 aliphatic rings. The zero-order valence-corrected chi connectivity index (χ0v) is 19.2. The van der Waals surface area contributed by atoms with E-state index in [0.717, 1.165) is 48.9 Å². The quantitative estimate of drug-likeness (QED) is 0.551. The summed E-state index contributed by atoms with van der Waals surface area (Å²) in [5.41, 5.74) is 1.96. The van der Waals surface area contributed by atoms with E-state index in [1.807, 2.05) is 12.1 Å². The molecule has 0 amide bonds. The first kappa shape index (κ1) is 21.8. The second-order valence-electron chi connectivity index (χ2n) is 8.88. The molecule has 3 atom stereocenters. The van der Waals surface area contributed by atoms with Crippen molar-refractivity contribution in [1.82, 2.24) is 9.88 Å². The van der Waals surface area contributed by atoms with E-state index in [1.54, 1.807) is 6.07 Å². The van der Waals surface area contributed by atoms with Gasteiger partial charge in [-0.3, -0.25) is 4.90 Å². The van der Waals surface area contributed by atoms with E-state index in [0.29, 0.717) is 23.0 Å². The molecular weight excluding hydrogens is 449 g/mol.